The lowest BCUT2D eigenvalue weighted by atomic mass is 9.99. The van der Waals surface area contributed by atoms with E-state index < -0.39 is 63.2 Å². The van der Waals surface area contributed by atoms with E-state index in [9.17, 15) is 89.1 Å². The number of thiazole rings is 1. The molecule has 8 aromatic carbocycles. The van der Waals surface area contributed by atoms with Crippen molar-refractivity contribution in [2.45, 2.75) is 131 Å². The SMILES string of the molecule is Cc1cc(-c2ccc(Cl)s2)c(CS(=O)(=O)c2cc(C(=O)O)ccc2C2CC2)cc1C#N.Cc1oncc1-c1ccc(-c2ccc(Cl)s2)c(CS(=O)(=O)c2cc(C(=O)O)ccc2C2CC2)c1.N#Cc1ccc(-c2cccnn2)c(CS(=O)(=O)c2cc(C(=O)O)ccc2C2CC2)c1.N#Cc1ccc(-c2nccs2)c(CS(=O)(=O)c2cc(C(=O)O)ccc2C2CC2)c1. The molecule has 5 aromatic heterocycles. The maximum Gasteiger partial charge on any atom is 0.335 e. The van der Waals surface area contributed by atoms with Crippen molar-refractivity contribution >= 4 is 120 Å². The van der Waals surface area contributed by atoms with E-state index in [-0.39, 0.29) is 88.5 Å². The molecule has 33 heteroatoms. The average molecular weight is 1830 g/mol. The molecule has 4 aliphatic carbocycles. The lowest BCUT2D eigenvalue weighted by molar-refractivity contribution is 0.0685. The van der Waals surface area contributed by atoms with E-state index in [0.717, 1.165) is 83.4 Å². The maximum atomic E-state index is 13.7. The number of aryl methyl sites for hydroxylation is 2. The van der Waals surface area contributed by atoms with Crippen molar-refractivity contribution in [3.05, 3.63) is 303 Å². The molecule has 4 N–H and O–H groups in total. The van der Waals surface area contributed by atoms with Crippen LogP contribution in [0.4, 0.5) is 0 Å². The van der Waals surface area contributed by atoms with Crippen molar-refractivity contribution in [3.8, 4) is 72.0 Å². The van der Waals surface area contributed by atoms with E-state index in [4.69, 9.17) is 27.7 Å². The second-order valence-corrected chi connectivity index (χ2v) is 42.2. The van der Waals surface area contributed by atoms with Gasteiger partial charge in [0.1, 0.15) is 10.8 Å². The number of hydrogen-bond donors (Lipinski definition) is 4. The Bertz CT molecular complexity index is 7060. The van der Waals surface area contributed by atoms with Crippen LogP contribution in [0.15, 0.2) is 224 Å². The fourth-order valence-electron chi connectivity index (χ4n) is 14.5. The normalized spacial score (nSPS) is 13.7. The second-order valence-electron chi connectivity index (χ2n) is 30.1. The highest BCUT2D eigenvalue weighted by Crippen LogP contribution is 2.49. The Hall–Kier alpha value is -12.2. The summed E-state index contributed by atoms with van der Waals surface area (Å²) in [6.07, 6.45) is 11.9. The molecular formula is C91H71Cl2N7O17S7. The van der Waals surface area contributed by atoms with Crippen LogP contribution in [0.2, 0.25) is 8.67 Å². The molecule has 4 saturated carbocycles. The van der Waals surface area contributed by atoms with Crippen molar-refractivity contribution in [1.82, 2.24) is 20.3 Å². The van der Waals surface area contributed by atoms with Gasteiger partial charge in [0.2, 0.25) is 0 Å². The largest absolute Gasteiger partial charge is 0.478 e. The quantitative estimate of drug-likeness (QED) is 0.0413. The number of carboxylic acids is 4. The molecule has 124 heavy (non-hydrogen) atoms. The zero-order chi connectivity index (χ0) is 88.3. The Morgan fingerprint density at radius 2 is 0.847 bits per heavy atom. The van der Waals surface area contributed by atoms with Gasteiger partial charge in [-0.3, -0.25) is 0 Å². The van der Waals surface area contributed by atoms with Gasteiger partial charge in [0.25, 0.3) is 0 Å². The minimum absolute atomic E-state index is 0.0392. The summed E-state index contributed by atoms with van der Waals surface area (Å²) in [5.74, 6) is -4.82. The molecule has 628 valence electrons. The predicted molar refractivity (Wildman–Crippen MR) is 469 cm³/mol. The molecule has 0 aliphatic heterocycles. The van der Waals surface area contributed by atoms with E-state index in [2.05, 4.69) is 26.4 Å². The number of halogens is 2. The molecule has 0 unspecified atom stereocenters. The molecule has 24 nitrogen and oxygen atoms in total. The summed E-state index contributed by atoms with van der Waals surface area (Å²) in [5.41, 5.74) is 11.0. The summed E-state index contributed by atoms with van der Waals surface area (Å²) < 4.78 is 114. The van der Waals surface area contributed by atoms with Gasteiger partial charge < -0.3 is 24.9 Å². The zero-order valence-corrected chi connectivity index (χ0v) is 72.9. The maximum absolute atomic E-state index is 13.7. The standard InChI is InChI=1S/C25H20ClNO5S2.C23H18ClNO4S2.C22H17N3O4S.C21H16N2O4S2/c1-14-21(12-27-32-14)16-4-6-19(22-8-9-24(26)33-22)18(10-16)13-34(30,31)23-11-17(25(28)29)5-7-20(23)15-2-3-15;1-13-8-19(20-6-7-22(24)30-20)17(9-16(13)11-25)12-31(28,29)21-10-15(23(26)27)4-5-18(21)14-2-3-14;23-12-14-3-7-18(20-2-1-9-24-25-20)17(10-14)13-30(28,29)21-11-16(22(26)27)6-8-19(21)15-4-5-15;22-11-13-1-5-18(20-23-7-8-28-20)16(9-13)12-29(26,27)19-10-15(21(24)25)4-6-17(19)14-2-3-14/h4-12,15H,2-3,13H2,1H3,(H,28,29);4-10,14H,2-3,12H2,1H3,(H,26,27);1-3,6-11,15H,4-5,13H2,(H,26,27);1,4-10,14H,2-3,12H2,(H,24,25). The Kier molecular flexibility index (Phi) is 26.1. The highest BCUT2D eigenvalue weighted by Gasteiger charge is 2.37. The first kappa shape index (κ1) is 88.1. The molecule has 0 amide bonds. The number of aromatic carboxylic acids is 4. The summed E-state index contributed by atoms with van der Waals surface area (Å²) >= 11 is 16.3. The van der Waals surface area contributed by atoms with Crippen molar-refractivity contribution in [2.75, 3.05) is 0 Å². The molecule has 0 radical (unpaired) electrons. The van der Waals surface area contributed by atoms with Gasteiger partial charge in [-0.25, -0.2) is 57.8 Å². The number of rotatable bonds is 25. The highest BCUT2D eigenvalue weighted by atomic mass is 35.5. The van der Waals surface area contributed by atoms with Crippen LogP contribution in [0.5, 0.6) is 0 Å². The molecule has 4 fully saturated rings. The van der Waals surface area contributed by atoms with Gasteiger partial charge in [-0.1, -0.05) is 76.9 Å². The number of benzene rings is 8. The van der Waals surface area contributed by atoms with E-state index in [0.29, 0.717) is 103 Å². The van der Waals surface area contributed by atoms with Crippen LogP contribution in [0.3, 0.4) is 0 Å². The Labute approximate surface area is 735 Å². The van der Waals surface area contributed by atoms with Gasteiger partial charge in [-0.05, 0) is 283 Å². The number of thiophene rings is 2. The molecular weight excluding hydrogens is 1760 g/mol. The van der Waals surface area contributed by atoms with Crippen LogP contribution in [0.1, 0.15) is 189 Å². The van der Waals surface area contributed by atoms with E-state index in [1.807, 2.05) is 42.5 Å². The molecule has 0 atom stereocenters. The van der Waals surface area contributed by atoms with Gasteiger partial charge >= 0.3 is 23.9 Å². The molecule has 0 spiro atoms. The number of carbonyl (C=O) groups is 4. The molecule has 13 aromatic rings. The highest BCUT2D eigenvalue weighted by molar-refractivity contribution is 7.91. The lowest BCUT2D eigenvalue weighted by Gasteiger charge is -2.14. The number of hydrogen-bond acceptors (Lipinski definition) is 23. The Balaban J connectivity index is 0.000000135. The number of sulfone groups is 4. The van der Waals surface area contributed by atoms with E-state index >= 15 is 0 Å². The number of nitrogens with zero attached hydrogens (tertiary/aromatic N) is 7. The van der Waals surface area contributed by atoms with Gasteiger partial charge in [-0.2, -0.15) is 26.0 Å². The van der Waals surface area contributed by atoms with Crippen LogP contribution in [-0.4, -0.2) is 98.3 Å². The zero-order valence-electron chi connectivity index (χ0n) is 65.7. The van der Waals surface area contributed by atoms with Gasteiger partial charge in [-0.15, -0.1) is 34.0 Å². The molecule has 0 bridgehead atoms. The minimum atomic E-state index is -3.88. The summed E-state index contributed by atoms with van der Waals surface area (Å²) in [7, 11) is -15.4. The summed E-state index contributed by atoms with van der Waals surface area (Å²) in [6.45, 7) is 3.60. The molecule has 5 heterocycles. The van der Waals surface area contributed by atoms with Gasteiger partial charge in [0, 0.05) is 44.2 Å². The van der Waals surface area contributed by atoms with Crippen LogP contribution in [0.25, 0.3) is 53.8 Å². The lowest BCUT2D eigenvalue weighted by Crippen LogP contribution is -2.11. The van der Waals surface area contributed by atoms with E-state index in [1.165, 1.54) is 94.8 Å². The third-order valence-corrected chi connectivity index (χ3v) is 31.4. The Morgan fingerprint density at radius 1 is 0.444 bits per heavy atom. The fourth-order valence-corrected chi connectivity index (χ4v) is 24.2. The van der Waals surface area contributed by atoms with Crippen molar-refractivity contribution in [1.29, 1.82) is 15.8 Å². The number of nitriles is 3. The second kappa shape index (κ2) is 36.7. The first-order chi connectivity index (χ1) is 59.2. The number of aromatic nitrogens is 4. The van der Waals surface area contributed by atoms with Crippen LogP contribution >= 0.6 is 57.2 Å². The monoisotopic (exact) mass is 1830 g/mol. The molecule has 0 saturated heterocycles. The third-order valence-electron chi connectivity index (χ3n) is 21.2. The third kappa shape index (κ3) is 20.5. The predicted octanol–water partition coefficient (Wildman–Crippen LogP) is 20.2. The fraction of sp³-hybridized carbons (Fsp3) is 0.198. The average Bonchev–Trinajstić information content (AvgIpc) is 1.57. The summed E-state index contributed by atoms with van der Waals surface area (Å²) in [6, 6.07) is 52.8. The summed E-state index contributed by atoms with van der Waals surface area (Å²) in [5, 5.41) is 79.6. The number of carboxylic acid groups (broad SMARTS) is 4. The van der Waals surface area contributed by atoms with Gasteiger partial charge in [0.05, 0.1) is 120 Å². The smallest absolute Gasteiger partial charge is 0.335 e. The van der Waals surface area contributed by atoms with Crippen molar-refractivity contribution in [2.24, 2.45) is 0 Å². The first-order valence-electron chi connectivity index (χ1n) is 38.4. The minimum Gasteiger partial charge on any atom is -0.478 e. The van der Waals surface area contributed by atoms with Crippen LogP contribution in [-0.2, 0) is 62.4 Å². The van der Waals surface area contributed by atoms with E-state index in [1.54, 1.807) is 123 Å². The topological polar surface area (TPSA) is 422 Å². The molecule has 17 rings (SSSR count). The van der Waals surface area contributed by atoms with Crippen LogP contribution in [0, 0.1) is 47.8 Å². The Morgan fingerprint density at radius 3 is 1.20 bits per heavy atom. The summed E-state index contributed by atoms with van der Waals surface area (Å²) in [4.78, 5) is 52.0. The van der Waals surface area contributed by atoms with Crippen molar-refractivity contribution in [3.63, 3.8) is 0 Å². The van der Waals surface area contributed by atoms with Crippen molar-refractivity contribution < 1.29 is 77.8 Å². The molecule has 4 aliphatic rings. The van der Waals surface area contributed by atoms with Gasteiger partial charge in [0.15, 0.2) is 39.3 Å². The van der Waals surface area contributed by atoms with Crippen LogP contribution < -0.4 is 0 Å². The first-order valence-corrected chi connectivity index (χ1v) is 48.3.